The first-order valence-electron chi connectivity index (χ1n) is 9.13. The van der Waals surface area contributed by atoms with Crippen LogP contribution in [0.5, 0.6) is 0 Å². The third-order valence-corrected chi connectivity index (χ3v) is 6.48. The summed E-state index contributed by atoms with van der Waals surface area (Å²) in [5.74, 6) is 0. The lowest BCUT2D eigenvalue weighted by Gasteiger charge is -2.16. The van der Waals surface area contributed by atoms with Crippen LogP contribution >= 0.6 is 11.3 Å². The second-order valence-corrected chi connectivity index (χ2v) is 8.30. The molecular weight excluding hydrogens is 336 g/mol. The average molecular weight is 365 g/mol. The van der Waals surface area contributed by atoms with E-state index < -0.39 is 0 Å². The first kappa shape index (κ1) is 18.4. The molecule has 0 radical (unpaired) electrons. The van der Waals surface area contributed by atoms with Crippen LogP contribution in [0.25, 0.3) is 10.2 Å². The number of hydrogen-bond acceptors (Lipinski definition) is 5. The number of nitrogens with zero attached hydrogens (tertiary/aromatic N) is 2. The number of nitrogens with one attached hydrogen (secondary N) is 1. The van der Waals surface area contributed by atoms with Crippen molar-refractivity contribution in [2.45, 2.75) is 65.1 Å². The minimum atomic E-state index is -0.303. The standard InChI is InChI=1S/C18H28N4O2S/c1-4-5-10-21-16-14(12(2)13(25-16)11-20-9-8-19)15(23)22(17(21)24)18(3)6-7-18/h20H,4-11,19H2,1-3H3. The van der Waals surface area contributed by atoms with Crippen LogP contribution in [0, 0.1) is 6.92 Å². The van der Waals surface area contributed by atoms with Crippen molar-refractivity contribution in [3.63, 3.8) is 0 Å². The molecule has 0 bridgehead atoms. The number of aromatic nitrogens is 2. The summed E-state index contributed by atoms with van der Waals surface area (Å²) in [4.78, 5) is 28.2. The topological polar surface area (TPSA) is 82.0 Å². The zero-order valence-electron chi connectivity index (χ0n) is 15.4. The van der Waals surface area contributed by atoms with E-state index in [0.717, 1.165) is 52.9 Å². The lowest BCUT2D eigenvalue weighted by Crippen LogP contribution is -2.44. The van der Waals surface area contributed by atoms with E-state index in [2.05, 4.69) is 12.2 Å². The summed E-state index contributed by atoms with van der Waals surface area (Å²) in [7, 11) is 0. The molecule has 1 fully saturated rings. The van der Waals surface area contributed by atoms with Gasteiger partial charge in [-0.05, 0) is 38.7 Å². The Morgan fingerprint density at radius 3 is 2.64 bits per heavy atom. The average Bonchev–Trinajstić information content (AvgIpc) is 3.22. The molecular formula is C18H28N4O2S. The van der Waals surface area contributed by atoms with Crippen molar-refractivity contribution >= 4 is 21.6 Å². The number of aryl methyl sites for hydroxylation is 2. The van der Waals surface area contributed by atoms with Gasteiger partial charge in [0.1, 0.15) is 4.83 Å². The summed E-state index contributed by atoms with van der Waals surface area (Å²) < 4.78 is 3.34. The highest BCUT2D eigenvalue weighted by molar-refractivity contribution is 7.18. The van der Waals surface area contributed by atoms with Crippen LogP contribution in [0.3, 0.4) is 0 Å². The van der Waals surface area contributed by atoms with E-state index in [9.17, 15) is 9.59 Å². The number of hydrogen-bond donors (Lipinski definition) is 2. The van der Waals surface area contributed by atoms with E-state index in [1.807, 2.05) is 18.4 Å². The van der Waals surface area contributed by atoms with Crippen LogP contribution in [-0.4, -0.2) is 22.2 Å². The van der Waals surface area contributed by atoms with Crippen molar-refractivity contribution in [3.05, 3.63) is 31.3 Å². The summed E-state index contributed by atoms with van der Waals surface area (Å²) in [6.45, 7) is 8.78. The summed E-state index contributed by atoms with van der Waals surface area (Å²) in [5, 5.41) is 4.02. The Hall–Kier alpha value is -1.44. The Morgan fingerprint density at radius 1 is 1.32 bits per heavy atom. The molecule has 3 rings (SSSR count). The van der Waals surface area contributed by atoms with Crippen molar-refractivity contribution < 1.29 is 0 Å². The second kappa shape index (κ2) is 7.05. The SMILES string of the molecule is CCCCn1c(=O)n(C2(C)CC2)c(=O)c2c(C)c(CNCCN)sc21. The molecule has 1 aliphatic rings. The summed E-state index contributed by atoms with van der Waals surface area (Å²) >= 11 is 1.57. The van der Waals surface area contributed by atoms with Crippen molar-refractivity contribution in [2.75, 3.05) is 13.1 Å². The molecule has 0 atom stereocenters. The molecule has 1 aliphatic carbocycles. The zero-order chi connectivity index (χ0) is 18.2. The van der Waals surface area contributed by atoms with Crippen LogP contribution in [0.15, 0.2) is 9.59 Å². The van der Waals surface area contributed by atoms with Gasteiger partial charge in [0.05, 0.1) is 10.9 Å². The van der Waals surface area contributed by atoms with Crippen LogP contribution in [0.2, 0.25) is 0 Å². The van der Waals surface area contributed by atoms with Gasteiger partial charge in [-0.25, -0.2) is 4.79 Å². The lowest BCUT2D eigenvalue weighted by atomic mass is 10.2. The van der Waals surface area contributed by atoms with Gasteiger partial charge in [-0.2, -0.15) is 0 Å². The molecule has 0 spiro atoms. The number of rotatable bonds is 8. The Morgan fingerprint density at radius 2 is 2.04 bits per heavy atom. The molecule has 6 nitrogen and oxygen atoms in total. The predicted octanol–water partition coefficient (Wildman–Crippen LogP) is 1.89. The predicted molar refractivity (Wildman–Crippen MR) is 104 cm³/mol. The smallest absolute Gasteiger partial charge is 0.329 e. The van der Waals surface area contributed by atoms with Gasteiger partial charge in [0, 0.05) is 31.1 Å². The van der Waals surface area contributed by atoms with Crippen molar-refractivity contribution in [1.29, 1.82) is 0 Å². The number of nitrogens with two attached hydrogens (primary N) is 1. The first-order chi connectivity index (χ1) is 11.9. The van der Waals surface area contributed by atoms with Crippen molar-refractivity contribution in [1.82, 2.24) is 14.5 Å². The van der Waals surface area contributed by atoms with Crippen LogP contribution in [0.1, 0.15) is 50.0 Å². The molecule has 0 unspecified atom stereocenters. The molecule has 2 aromatic rings. The van der Waals surface area contributed by atoms with Gasteiger partial charge in [-0.15, -0.1) is 11.3 Å². The van der Waals surface area contributed by atoms with Gasteiger partial charge in [-0.3, -0.25) is 13.9 Å². The monoisotopic (exact) mass is 364 g/mol. The number of thiophene rings is 1. The highest BCUT2D eigenvalue weighted by Gasteiger charge is 2.42. The van der Waals surface area contributed by atoms with E-state index >= 15 is 0 Å². The van der Waals surface area contributed by atoms with Crippen LogP contribution in [0.4, 0.5) is 0 Å². The van der Waals surface area contributed by atoms with Gasteiger partial charge in [0.2, 0.25) is 0 Å². The molecule has 138 valence electrons. The molecule has 0 saturated heterocycles. The van der Waals surface area contributed by atoms with Gasteiger partial charge in [0.15, 0.2) is 0 Å². The van der Waals surface area contributed by atoms with E-state index in [1.165, 1.54) is 4.57 Å². The Bertz CT molecular complexity index is 889. The minimum Gasteiger partial charge on any atom is -0.329 e. The maximum atomic E-state index is 13.1. The van der Waals surface area contributed by atoms with Crippen molar-refractivity contribution in [3.8, 4) is 0 Å². The van der Waals surface area contributed by atoms with Gasteiger partial charge < -0.3 is 11.1 Å². The third kappa shape index (κ3) is 3.20. The summed E-state index contributed by atoms with van der Waals surface area (Å²) in [6, 6.07) is 0. The fraction of sp³-hybridized carbons (Fsp3) is 0.667. The molecule has 25 heavy (non-hydrogen) atoms. The normalized spacial score (nSPS) is 15.8. The minimum absolute atomic E-state index is 0.119. The van der Waals surface area contributed by atoms with Gasteiger partial charge in [-0.1, -0.05) is 13.3 Å². The van der Waals surface area contributed by atoms with Gasteiger partial charge >= 0.3 is 5.69 Å². The highest BCUT2D eigenvalue weighted by Crippen LogP contribution is 2.41. The summed E-state index contributed by atoms with van der Waals surface area (Å²) in [5.41, 5.74) is 5.98. The van der Waals surface area contributed by atoms with E-state index in [4.69, 9.17) is 5.73 Å². The maximum Gasteiger partial charge on any atom is 0.332 e. The molecule has 7 heteroatoms. The number of unbranched alkanes of at least 4 members (excludes halogenated alkanes) is 1. The van der Waals surface area contributed by atoms with Gasteiger partial charge in [0.25, 0.3) is 5.56 Å². The zero-order valence-corrected chi connectivity index (χ0v) is 16.2. The van der Waals surface area contributed by atoms with E-state index in [1.54, 1.807) is 11.3 Å². The van der Waals surface area contributed by atoms with E-state index in [-0.39, 0.29) is 16.8 Å². The Kier molecular flexibility index (Phi) is 5.18. The molecule has 2 heterocycles. The first-order valence-corrected chi connectivity index (χ1v) is 9.95. The lowest BCUT2D eigenvalue weighted by molar-refractivity contribution is 0.461. The quantitative estimate of drug-likeness (QED) is 0.701. The Labute approximate surface area is 151 Å². The highest BCUT2D eigenvalue weighted by atomic mass is 32.1. The molecule has 0 aliphatic heterocycles. The van der Waals surface area contributed by atoms with E-state index in [0.29, 0.717) is 19.6 Å². The van der Waals surface area contributed by atoms with Crippen molar-refractivity contribution in [2.24, 2.45) is 5.73 Å². The largest absolute Gasteiger partial charge is 0.332 e. The number of fused-ring (bicyclic) bond motifs is 1. The molecule has 0 aromatic carbocycles. The molecule has 1 saturated carbocycles. The Balaban J connectivity index is 2.21. The second-order valence-electron chi connectivity index (χ2n) is 7.22. The van der Waals surface area contributed by atoms with Crippen LogP contribution in [-0.2, 0) is 18.6 Å². The maximum absolute atomic E-state index is 13.1. The fourth-order valence-electron chi connectivity index (χ4n) is 3.26. The molecule has 2 aromatic heterocycles. The molecule has 3 N–H and O–H groups in total. The van der Waals surface area contributed by atoms with Crippen LogP contribution < -0.4 is 22.3 Å². The third-order valence-electron chi connectivity index (χ3n) is 5.17. The summed E-state index contributed by atoms with van der Waals surface area (Å²) in [6.07, 6.45) is 3.74. The molecule has 0 amide bonds. The fourth-order valence-corrected chi connectivity index (χ4v) is 4.54.